The summed E-state index contributed by atoms with van der Waals surface area (Å²) in [4.78, 5) is 13.2. The van der Waals surface area contributed by atoms with E-state index >= 15 is 0 Å². The molecule has 2 fully saturated rings. The molecular weight excluding hydrogens is 268 g/mol. The van der Waals surface area contributed by atoms with Crippen molar-refractivity contribution in [3.8, 4) is 0 Å². The fourth-order valence-electron chi connectivity index (χ4n) is 6.15. The topological polar surface area (TPSA) is 17.1 Å². The number of benzene rings is 1. The molecule has 0 aromatic heterocycles. The molecule has 4 atom stereocenters. The van der Waals surface area contributed by atoms with Gasteiger partial charge in [-0.3, -0.25) is 4.79 Å². The smallest absolute Gasteiger partial charge is 0.167 e. The molecule has 0 saturated heterocycles. The van der Waals surface area contributed by atoms with Crippen LogP contribution in [0.4, 0.5) is 0 Å². The summed E-state index contributed by atoms with van der Waals surface area (Å²) < 4.78 is 0. The highest BCUT2D eigenvalue weighted by Crippen LogP contribution is 2.54. The molecule has 1 aromatic carbocycles. The van der Waals surface area contributed by atoms with Gasteiger partial charge in [0.25, 0.3) is 0 Å². The number of carbonyl (C=O) groups excluding carboxylic acids is 1. The van der Waals surface area contributed by atoms with E-state index in [1.54, 1.807) is 0 Å². The maximum atomic E-state index is 13.2. The van der Waals surface area contributed by atoms with Crippen molar-refractivity contribution in [2.24, 2.45) is 17.8 Å². The van der Waals surface area contributed by atoms with Gasteiger partial charge in [-0.2, -0.15) is 0 Å². The summed E-state index contributed by atoms with van der Waals surface area (Å²) in [5.41, 5.74) is 5.58. The average molecular weight is 294 g/mol. The van der Waals surface area contributed by atoms with Gasteiger partial charge < -0.3 is 0 Å². The van der Waals surface area contributed by atoms with E-state index in [0.29, 0.717) is 17.6 Å². The van der Waals surface area contributed by atoms with Crippen LogP contribution >= 0.6 is 0 Å². The fourth-order valence-corrected chi connectivity index (χ4v) is 6.15. The van der Waals surface area contributed by atoms with Gasteiger partial charge in [0.1, 0.15) is 0 Å². The monoisotopic (exact) mass is 294 g/mol. The predicted octanol–water partition coefficient (Wildman–Crippen LogP) is 5.06. The van der Waals surface area contributed by atoms with Crippen molar-refractivity contribution >= 4 is 5.78 Å². The standard InChI is InChI=1S/C21H26O/c22-21-19-12-15-7-2-1-6-14(15)11-18(19)17-10-9-13-5-3-4-8-16(13)20(17)21/h9-10,14-15,18-19H,1-8,11-12H2. The van der Waals surface area contributed by atoms with Gasteiger partial charge in [-0.05, 0) is 73.0 Å². The highest BCUT2D eigenvalue weighted by Gasteiger charge is 2.48. The zero-order valence-electron chi connectivity index (χ0n) is 13.4. The van der Waals surface area contributed by atoms with Gasteiger partial charge in [0, 0.05) is 11.5 Å². The van der Waals surface area contributed by atoms with Crippen molar-refractivity contribution in [3.63, 3.8) is 0 Å². The summed E-state index contributed by atoms with van der Waals surface area (Å²) in [5.74, 6) is 3.19. The first-order chi connectivity index (χ1) is 10.8. The van der Waals surface area contributed by atoms with Crippen molar-refractivity contribution in [2.75, 3.05) is 0 Å². The zero-order chi connectivity index (χ0) is 14.7. The minimum Gasteiger partial charge on any atom is -0.294 e. The summed E-state index contributed by atoms with van der Waals surface area (Å²) in [5, 5.41) is 0. The Balaban J connectivity index is 1.57. The molecule has 116 valence electrons. The van der Waals surface area contributed by atoms with E-state index < -0.39 is 0 Å². The van der Waals surface area contributed by atoms with E-state index in [1.165, 1.54) is 80.0 Å². The van der Waals surface area contributed by atoms with Crippen LogP contribution in [0, 0.1) is 17.8 Å². The number of fused-ring (bicyclic) bond motifs is 6. The summed E-state index contributed by atoms with van der Waals surface area (Å²) in [7, 11) is 0. The Hall–Kier alpha value is -1.11. The highest BCUT2D eigenvalue weighted by molar-refractivity contribution is 6.05. The Labute approximate surface area is 133 Å². The summed E-state index contributed by atoms with van der Waals surface area (Å²) in [6, 6.07) is 4.70. The molecule has 0 spiro atoms. The van der Waals surface area contributed by atoms with Gasteiger partial charge in [-0.1, -0.05) is 37.8 Å². The highest BCUT2D eigenvalue weighted by atomic mass is 16.1. The molecule has 1 nitrogen and oxygen atoms in total. The molecule has 5 rings (SSSR count). The third-order valence-corrected chi connectivity index (χ3v) is 7.21. The fraction of sp³-hybridized carbons (Fsp3) is 0.667. The van der Waals surface area contributed by atoms with Gasteiger partial charge in [0.2, 0.25) is 0 Å². The molecule has 0 heterocycles. The van der Waals surface area contributed by atoms with Crippen molar-refractivity contribution in [3.05, 3.63) is 34.4 Å². The van der Waals surface area contributed by atoms with Crippen LogP contribution in [-0.4, -0.2) is 5.78 Å². The molecule has 0 bridgehead atoms. The summed E-state index contributed by atoms with van der Waals surface area (Å²) in [6.07, 6.45) is 13.0. The van der Waals surface area contributed by atoms with E-state index in [1.807, 2.05) is 0 Å². The van der Waals surface area contributed by atoms with Gasteiger partial charge in [-0.15, -0.1) is 0 Å². The Bertz CT molecular complexity index is 629. The van der Waals surface area contributed by atoms with Crippen LogP contribution in [0.5, 0.6) is 0 Å². The number of carbonyl (C=O) groups is 1. The van der Waals surface area contributed by atoms with Crippen LogP contribution in [-0.2, 0) is 12.8 Å². The Morgan fingerprint density at radius 1 is 0.818 bits per heavy atom. The molecule has 0 radical (unpaired) electrons. The lowest BCUT2D eigenvalue weighted by atomic mass is 9.63. The SMILES string of the molecule is O=C1c2c(ccc3c2CCCC3)C2CC3CCCCC3CC12. The second-order valence-electron chi connectivity index (χ2n) is 8.23. The maximum absolute atomic E-state index is 13.2. The Morgan fingerprint density at radius 2 is 1.55 bits per heavy atom. The van der Waals surface area contributed by atoms with Crippen LogP contribution in [0.2, 0.25) is 0 Å². The van der Waals surface area contributed by atoms with Crippen molar-refractivity contribution in [2.45, 2.75) is 70.1 Å². The van der Waals surface area contributed by atoms with Crippen molar-refractivity contribution < 1.29 is 4.79 Å². The number of aryl methyl sites for hydroxylation is 1. The van der Waals surface area contributed by atoms with Gasteiger partial charge >= 0.3 is 0 Å². The Morgan fingerprint density at radius 3 is 2.36 bits per heavy atom. The minimum atomic E-state index is 0.336. The molecule has 4 aliphatic rings. The van der Waals surface area contributed by atoms with Crippen LogP contribution in [0.25, 0.3) is 0 Å². The predicted molar refractivity (Wildman–Crippen MR) is 88.3 cm³/mol. The lowest BCUT2D eigenvalue weighted by molar-refractivity contribution is 0.0750. The Kier molecular flexibility index (Phi) is 3.00. The van der Waals surface area contributed by atoms with E-state index in [4.69, 9.17) is 0 Å². The first kappa shape index (κ1) is 13.3. The molecule has 2 saturated carbocycles. The maximum Gasteiger partial charge on any atom is 0.167 e. The lowest BCUT2D eigenvalue weighted by Gasteiger charge is -2.41. The molecule has 0 N–H and O–H groups in total. The van der Waals surface area contributed by atoms with E-state index in [9.17, 15) is 4.79 Å². The van der Waals surface area contributed by atoms with Crippen LogP contribution in [0.1, 0.15) is 84.3 Å². The molecule has 1 aromatic rings. The van der Waals surface area contributed by atoms with E-state index in [2.05, 4.69) is 12.1 Å². The van der Waals surface area contributed by atoms with Crippen molar-refractivity contribution in [1.29, 1.82) is 0 Å². The molecule has 0 aliphatic heterocycles. The number of hydrogen-bond donors (Lipinski definition) is 0. The second-order valence-corrected chi connectivity index (χ2v) is 8.23. The van der Waals surface area contributed by atoms with Gasteiger partial charge in [0.05, 0.1) is 0 Å². The first-order valence-corrected chi connectivity index (χ1v) is 9.52. The van der Waals surface area contributed by atoms with Gasteiger partial charge in [0.15, 0.2) is 5.78 Å². The summed E-state index contributed by atoms with van der Waals surface area (Å²) in [6.45, 7) is 0. The number of rotatable bonds is 0. The second kappa shape index (κ2) is 4.94. The zero-order valence-corrected chi connectivity index (χ0v) is 13.4. The normalized spacial score (nSPS) is 36.3. The molecule has 0 amide bonds. The average Bonchev–Trinajstić information content (AvgIpc) is 2.85. The number of hydrogen-bond acceptors (Lipinski definition) is 1. The van der Waals surface area contributed by atoms with Crippen LogP contribution < -0.4 is 0 Å². The quantitative estimate of drug-likeness (QED) is 0.653. The number of Topliss-reactive ketones (excluding diaryl/α,β-unsaturated/α-hetero) is 1. The third kappa shape index (κ3) is 1.80. The van der Waals surface area contributed by atoms with E-state index in [-0.39, 0.29) is 0 Å². The minimum absolute atomic E-state index is 0.336. The molecule has 1 heteroatoms. The van der Waals surface area contributed by atoms with Crippen LogP contribution in [0.15, 0.2) is 12.1 Å². The molecular formula is C21H26O. The largest absolute Gasteiger partial charge is 0.294 e. The van der Waals surface area contributed by atoms with Crippen LogP contribution in [0.3, 0.4) is 0 Å². The number of ketones is 1. The molecule has 4 aliphatic carbocycles. The molecule has 22 heavy (non-hydrogen) atoms. The lowest BCUT2D eigenvalue weighted by Crippen LogP contribution is -2.32. The van der Waals surface area contributed by atoms with E-state index in [0.717, 1.165) is 18.3 Å². The molecule has 4 unspecified atom stereocenters. The van der Waals surface area contributed by atoms with Crippen molar-refractivity contribution in [1.82, 2.24) is 0 Å². The summed E-state index contributed by atoms with van der Waals surface area (Å²) >= 11 is 0. The third-order valence-electron chi connectivity index (χ3n) is 7.21. The van der Waals surface area contributed by atoms with Gasteiger partial charge in [-0.25, -0.2) is 0 Å². The first-order valence-electron chi connectivity index (χ1n) is 9.52.